The van der Waals surface area contributed by atoms with Crippen molar-refractivity contribution < 1.29 is 27.4 Å². The molecule has 0 fully saturated rings. The van der Waals surface area contributed by atoms with Crippen LogP contribution in [0.2, 0.25) is 0 Å². The molecule has 4 rings (SSSR count). The van der Waals surface area contributed by atoms with Crippen LogP contribution in [0.15, 0.2) is 72.8 Å². The molecule has 0 saturated carbocycles. The quantitative estimate of drug-likeness (QED) is 0.287. The Labute approximate surface area is 217 Å². The van der Waals surface area contributed by atoms with E-state index < -0.39 is 15.6 Å². The molecule has 37 heavy (non-hydrogen) atoms. The smallest absolute Gasteiger partial charge is 0.237 e. The van der Waals surface area contributed by atoms with Gasteiger partial charge in [-0.2, -0.15) is 0 Å². The lowest BCUT2D eigenvalue weighted by atomic mass is 9.97. The summed E-state index contributed by atoms with van der Waals surface area (Å²) in [5.74, 6) is 1.01. The van der Waals surface area contributed by atoms with E-state index in [4.69, 9.17) is 14.2 Å². The van der Waals surface area contributed by atoms with Crippen molar-refractivity contribution >= 4 is 33.6 Å². The standard InChI is InChI=1S/C29H29NO6S/c1-29(2)17-16-23-26(34-3)15-12-22(28(23)36-29)25(31)13-10-20-11-14-27(35-4)24(18-20)30-37(32,33)19-21-8-6-5-7-9-21/h5-18,30H,19H2,1-4H3/b13-10+. The summed E-state index contributed by atoms with van der Waals surface area (Å²) in [5.41, 5.74) is 2.11. The minimum atomic E-state index is -3.70. The lowest BCUT2D eigenvalue weighted by Crippen LogP contribution is -2.28. The van der Waals surface area contributed by atoms with Crippen molar-refractivity contribution in [2.45, 2.75) is 25.2 Å². The molecule has 8 heteroatoms. The van der Waals surface area contributed by atoms with Gasteiger partial charge in [0.05, 0.1) is 36.8 Å². The molecular formula is C29H29NO6S. The molecule has 0 amide bonds. The summed E-state index contributed by atoms with van der Waals surface area (Å²) in [4.78, 5) is 13.2. The third kappa shape index (κ3) is 6.21. The van der Waals surface area contributed by atoms with Crippen molar-refractivity contribution in [1.82, 2.24) is 0 Å². The monoisotopic (exact) mass is 519 g/mol. The zero-order valence-corrected chi connectivity index (χ0v) is 22.0. The molecule has 7 nitrogen and oxygen atoms in total. The number of hydrogen-bond acceptors (Lipinski definition) is 6. The SMILES string of the molecule is COc1ccc(/C=C/C(=O)c2ccc(OC)c3c2OC(C)(C)C=C3)cc1NS(=O)(=O)Cc1ccccc1. The minimum absolute atomic E-state index is 0.178. The molecule has 3 aromatic carbocycles. The Morgan fingerprint density at radius 3 is 2.41 bits per heavy atom. The molecule has 1 aliphatic heterocycles. The Kier molecular flexibility index (Phi) is 7.40. The summed E-state index contributed by atoms with van der Waals surface area (Å²) in [6.07, 6.45) is 6.87. The number of carbonyl (C=O) groups is 1. The largest absolute Gasteiger partial charge is 0.496 e. The van der Waals surface area contributed by atoms with Crippen LogP contribution in [0.4, 0.5) is 5.69 Å². The summed E-state index contributed by atoms with van der Waals surface area (Å²) >= 11 is 0. The molecule has 0 unspecified atom stereocenters. The third-order valence-electron chi connectivity index (χ3n) is 5.77. The number of rotatable bonds is 9. The first-order chi connectivity index (χ1) is 17.6. The Hall–Kier alpha value is -4.04. The average molecular weight is 520 g/mol. The first-order valence-corrected chi connectivity index (χ1v) is 13.3. The second-order valence-corrected chi connectivity index (χ2v) is 10.8. The van der Waals surface area contributed by atoms with E-state index in [0.717, 1.165) is 0 Å². The van der Waals surface area contributed by atoms with E-state index in [1.165, 1.54) is 13.2 Å². The van der Waals surface area contributed by atoms with Gasteiger partial charge in [-0.05, 0) is 67.5 Å². The van der Waals surface area contributed by atoms with Gasteiger partial charge in [0.25, 0.3) is 0 Å². The normalized spacial score (nSPS) is 14.1. The molecular weight excluding hydrogens is 490 g/mol. The molecule has 1 N–H and O–H groups in total. The van der Waals surface area contributed by atoms with Gasteiger partial charge in [-0.1, -0.05) is 42.5 Å². The van der Waals surface area contributed by atoms with Crippen LogP contribution >= 0.6 is 0 Å². The maximum absolute atomic E-state index is 13.2. The first kappa shape index (κ1) is 26.0. The second kappa shape index (κ2) is 10.5. The van der Waals surface area contributed by atoms with Crippen LogP contribution in [-0.4, -0.2) is 34.0 Å². The summed E-state index contributed by atoms with van der Waals surface area (Å²) in [6, 6.07) is 17.3. The third-order valence-corrected chi connectivity index (χ3v) is 7.02. The summed E-state index contributed by atoms with van der Waals surface area (Å²) in [6.45, 7) is 3.82. The molecule has 0 spiro atoms. The topological polar surface area (TPSA) is 90.9 Å². The zero-order chi connectivity index (χ0) is 26.6. The Morgan fingerprint density at radius 2 is 1.70 bits per heavy atom. The van der Waals surface area contributed by atoms with Gasteiger partial charge >= 0.3 is 0 Å². The van der Waals surface area contributed by atoms with E-state index in [0.29, 0.717) is 39.5 Å². The van der Waals surface area contributed by atoms with Crippen LogP contribution in [0, 0.1) is 0 Å². The van der Waals surface area contributed by atoms with E-state index in [9.17, 15) is 13.2 Å². The van der Waals surface area contributed by atoms with Crippen LogP contribution in [0.5, 0.6) is 17.2 Å². The van der Waals surface area contributed by atoms with Crippen LogP contribution < -0.4 is 18.9 Å². The van der Waals surface area contributed by atoms with E-state index in [1.807, 2.05) is 32.1 Å². The van der Waals surface area contributed by atoms with Gasteiger partial charge in [0.15, 0.2) is 5.78 Å². The first-order valence-electron chi connectivity index (χ1n) is 11.6. The highest BCUT2D eigenvalue weighted by Gasteiger charge is 2.27. The van der Waals surface area contributed by atoms with Crippen molar-refractivity contribution in [1.29, 1.82) is 0 Å². The van der Waals surface area contributed by atoms with Gasteiger partial charge < -0.3 is 14.2 Å². The molecule has 0 aliphatic carbocycles. The van der Waals surface area contributed by atoms with Crippen LogP contribution in [0.3, 0.4) is 0 Å². The molecule has 0 bridgehead atoms. The highest BCUT2D eigenvalue weighted by molar-refractivity contribution is 7.91. The van der Waals surface area contributed by atoms with Crippen molar-refractivity contribution in [3.63, 3.8) is 0 Å². The summed E-state index contributed by atoms with van der Waals surface area (Å²) in [5, 5.41) is 0. The van der Waals surface area contributed by atoms with Crippen molar-refractivity contribution in [2.24, 2.45) is 0 Å². The van der Waals surface area contributed by atoms with Gasteiger partial charge in [-0.15, -0.1) is 0 Å². The van der Waals surface area contributed by atoms with E-state index in [1.54, 1.807) is 67.8 Å². The fourth-order valence-electron chi connectivity index (χ4n) is 3.97. The average Bonchev–Trinajstić information content (AvgIpc) is 2.86. The number of ether oxygens (including phenoxy) is 3. The Balaban J connectivity index is 1.59. The molecule has 0 aromatic heterocycles. The highest BCUT2D eigenvalue weighted by Crippen LogP contribution is 2.40. The fraction of sp³-hybridized carbons (Fsp3) is 0.207. The van der Waals surface area contributed by atoms with E-state index in [2.05, 4.69) is 4.72 Å². The highest BCUT2D eigenvalue weighted by atomic mass is 32.2. The lowest BCUT2D eigenvalue weighted by Gasteiger charge is -2.29. The minimum Gasteiger partial charge on any atom is -0.496 e. The van der Waals surface area contributed by atoms with Crippen molar-refractivity contribution in [2.75, 3.05) is 18.9 Å². The van der Waals surface area contributed by atoms with Gasteiger partial charge in [-0.3, -0.25) is 9.52 Å². The number of nitrogens with one attached hydrogen (secondary N) is 1. The van der Waals surface area contributed by atoms with Crippen LogP contribution in [0.1, 0.15) is 40.9 Å². The number of anilines is 1. The van der Waals surface area contributed by atoms with Crippen LogP contribution in [-0.2, 0) is 15.8 Å². The van der Waals surface area contributed by atoms with Gasteiger partial charge in [-0.25, -0.2) is 8.42 Å². The fourth-order valence-corrected chi connectivity index (χ4v) is 5.17. The maximum Gasteiger partial charge on any atom is 0.237 e. The lowest BCUT2D eigenvalue weighted by molar-refractivity contribution is 0.103. The van der Waals surface area contributed by atoms with E-state index >= 15 is 0 Å². The van der Waals surface area contributed by atoms with Crippen molar-refractivity contribution in [3.05, 3.63) is 95.1 Å². The Morgan fingerprint density at radius 1 is 1.00 bits per heavy atom. The van der Waals surface area contributed by atoms with Crippen LogP contribution in [0.25, 0.3) is 12.2 Å². The van der Waals surface area contributed by atoms with E-state index in [-0.39, 0.29) is 17.2 Å². The molecule has 1 aliphatic rings. The second-order valence-electron chi connectivity index (χ2n) is 9.10. The molecule has 0 radical (unpaired) electrons. The predicted molar refractivity (Wildman–Crippen MR) is 146 cm³/mol. The molecule has 3 aromatic rings. The van der Waals surface area contributed by atoms with Gasteiger partial charge in [0.2, 0.25) is 10.0 Å². The van der Waals surface area contributed by atoms with Crippen molar-refractivity contribution in [3.8, 4) is 17.2 Å². The Bertz CT molecular complexity index is 1470. The number of allylic oxidation sites excluding steroid dienone is 1. The number of fused-ring (bicyclic) bond motifs is 1. The molecule has 1 heterocycles. The number of hydrogen-bond donors (Lipinski definition) is 1. The summed E-state index contributed by atoms with van der Waals surface area (Å²) < 4.78 is 45.0. The number of benzene rings is 3. The van der Waals surface area contributed by atoms with Gasteiger partial charge in [0, 0.05) is 0 Å². The number of carbonyl (C=O) groups excluding carboxylic acids is 1. The zero-order valence-electron chi connectivity index (χ0n) is 21.1. The number of ketones is 1. The molecule has 0 saturated heterocycles. The molecule has 0 atom stereocenters. The predicted octanol–water partition coefficient (Wildman–Crippen LogP) is 5.73. The number of methoxy groups -OCH3 is 2. The maximum atomic E-state index is 13.2. The number of sulfonamides is 1. The molecule has 192 valence electrons. The van der Waals surface area contributed by atoms with Gasteiger partial charge in [0.1, 0.15) is 22.8 Å². The summed E-state index contributed by atoms with van der Waals surface area (Å²) in [7, 11) is -0.661.